The maximum atomic E-state index is 15.0. The number of amides is 1. The number of ether oxygens (including phenoxy) is 1. The number of fused-ring (bicyclic) bond motifs is 1. The number of hydrogen-bond acceptors (Lipinski definition) is 7. The van der Waals surface area contributed by atoms with E-state index >= 15 is 0 Å². The SMILES string of the molecule is COc1cc(C(=O)NC2CCN(C)CC2F)ccc1NCC#Cc1sc2c(NC3CCN(C)CC3F)cccc2c1C(F)C(F)F. The van der Waals surface area contributed by atoms with Gasteiger partial charge in [0.15, 0.2) is 6.17 Å². The second kappa shape index (κ2) is 14.9. The predicted molar refractivity (Wildman–Crippen MR) is 173 cm³/mol. The minimum atomic E-state index is -3.24. The van der Waals surface area contributed by atoms with Crippen LogP contribution in [0.1, 0.15) is 39.8 Å². The fourth-order valence-electron chi connectivity index (χ4n) is 5.88. The van der Waals surface area contributed by atoms with Crippen LogP contribution in [0.5, 0.6) is 5.75 Å². The molecule has 248 valence electrons. The molecule has 46 heavy (non-hydrogen) atoms. The first-order chi connectivity index (χ1) is 22.0. The van der Waals surface area contributed by atoms with Crippen LogP contribution in [0.2, 0.25) is 0 Å². The molecule has 0 radical (unpaired) electrons. The van der Waals surface area contributed by atoms with E-state index in [1.165, 1.54) is 13.2 Å². The molecule has 13 heteroatoms. The van der Waals surface area contributed by atoms with Crippen molar-refractivity contribution in [1.29, 1.82) is 0 Å². The van der Waals surface area contributed by atoms with Crippen molar-refractivity contribution in [3.63, 3.8) is 0 Å². The molecular formula is C33H38F5N5O2S. The number of nitrogens with one attached hydrogen (secondary N) is 3. The molecule has 0 aliphatic carbocycles. The molecule has 5 atom stereocenters. The Labute approximate surface area is 269 Å². The van der Waals surface area contributed by atoms with Crippen LogP contribution in [0.15, 0.2) is 36.4 Å². The first-order valence-electron chi connectivity index (χ1n) is 15.2. The van der Waals surface area contributed by atoms with Crippen molar-refractivity contribution in [2.75, 3.05) is 64.6 Å². The van der Waals surface area contributed by atoms with Gasteiger partial charge in [-0.3, -0.25) is 4.79 Å². The quantitative estimate of drug-likeness (QED) is 0.197. The monoisotopic (exact) mass is 663 g/mol. The van der Waals surface area contributed by atoms with E-state index < -0.39 is 42.9 Å². The maximum absolute atomic E-state index is 15.0. The Balaban J connectivity index is 1.31. The highest BCUT2D eigenvalue weighted by atomic mass is 32.1. The third kappa shape index (κ3) is 7.67. The molecule has 0 bridgehead atoms. The number of piperidine rings is 2. The van der Waals surface area contributed by atoms with Crippen molar-refractivity contribution in [3.8, 4) is 17.6 Å². The average molecular weight is 664 g/mol. The molecule has 1 aromatic heterocycles. The van der Waals surface area contributed by atoms with Crippen molar-refractivity contribution in [3.05, 3.63) is 52.4 Å². The first kappa shape index (κ1) is 33.8. The fourth-order valence-corrected chi connectivity index (χ4v) is 7.06. The van der Waals surface area contributed by atoms with Gasteiger partial charge in [-0.1, -0.05) is 24.0 Å². The molecule has 3 aromatic rings. The van der Waals surface area contributed by atoms with E-state index in [0.717, 1.165) is 11.3 Å². The lowest BCUT2D eigenvalue weighted by Crippen LogP contribution is -2.51. The number of halogens is 5. The standard InChI is InChI=1S/C33H38F5N5O2S/c1-42-14-11-23(21(34)17-42)40-26-7-4-6-20-29(30(36)32(37)38)28(46-31(20)26)8-5-13-39-25-10-9-19(16-27(25)45-3)33(44)41-24-12-15-43(2)18-22(24)35/h4,6-7,9-10,16,21-24,30,32,39-40H,11-15,17-18H2,1-3H3,(H,41,44). The molecule has 3 N–H and O–H groups in total. The van der Waals surface area contributed by atoms with Crippen LogP contribution in [0, 0.1) is 11.8 Å². The largest absolute Gasteiger partial charge is 0.495 e. The smallest absolute Gasteiger partial charge is 0.273 e. The number of rotatable bonds is 9. The van der Waals surface area contributed by atoms with Crippen molar-refractivity contribution >= 4 is 38.7 Å². The lowest BCUT2D eigenvalue weighted by atomic mass is 10.0. The van der Waals surface area contributed by atoms with Crippen LogP contribution in [0.3, 0.4) is 0 Å². The van der Waals surface area contributed by atoms with Crippen LogP contribution >= 0.6 is 11.3 Å². The molecule has 0 saturated carbocycles. The van der Waals surface area contributed by atoms with Gasteiger partial charge in [0.05, 0.1) is 46.7 Å². The lowest BCUT2D eigenvalue weighted by molar-refractivity contribution is 0.0504. The van der Waals surface area contributed by atoms with Crippen molar-refractivity contribution in [1.82, 2.24) is 15.1 Å². The molecule has 0 spiro atoms. The van der Waals surface area contributed by atoms with Crippen molar-refractivity contribution in [2.45, 2.75) is 49.9 Å². The fraction of sp³-hybridized carbons (Fsp3) is 0.485. The first-order valence-corrected chi connectivity index (χ1v) is 16.0. The number of nitrogens with zero attached hydrogens (tertiary/aromatic N) is 2. The summed E-state index contributed by atoms with van der Waals surface area (Å²) in [5.74, 6) is 5.68. The Kier molecular flexibility index (Phi) is 10.9. The van der Waals surface area contributed by atoms with Gasteiger partial charge in [-0.2, -0.15) is 0 Å². The number of thiophene rings is 1. The topological polar surface area (TPSA) is 68.9 Å². The Morgan fingerprint density at radius 2 is 1.72 bits per heavy atom. The number of carbonyl (C=O) groups is 1. The van der Waals surface area contributed by atoms with E-state index in [2.05, 4.69) is 27.8 Å². The summed E-state index contributed by atoms with van der Waals surface area (Å²) in [6, 6.07) is 8.68. The van der Waals surface area contributed by atoms with E-state index in [1.54, 1.807) is 30.3 Å². The number of likely N-dealkylation sites (tertiary alicyclic amines) is 2. The summed E-state index contributed by atoms with van der Waals surface area (Å²) in [5.41, 5.74) is 1.20. The number of benzene rings is 2. The second-order valence-corrected chi connectivity index (χ2v) is 12.8. The molecule has 2 fully saturated rings. The third-order valence-corrected chi connectivity index (χ3v) is 9.60. The van der Waals surface area contributed by atoms with Gasteiger partial charge in [0.25, 0.3) is 12.3 Å². The summed E-state index contributed by atoms with van der Waals surface area (Å²) in [4.78, 5) is 16.8. The van der Waals surface area contributed by atoms with E-state index in [-0.39, 0.29) is 30.1 Å². The third-order valence-electron chi connectivity index (χ3n) is 8.43. The Bertz CT molecular complexity index is 1590. The molecular weight excluding hydrogens is 625 g/mol. The molecule has 5 unspecified atom stereocenters. The highest BCUT2D eigenvalue weighted by Crippen LogP contribution is 2.42. The zero-order valence-corrected chi connectivity index (χ0v) is 26.7. The summed E-state index contributed by atoms with van der Waals surface area (Å²) < 4.78 is 77.4. The van der Waals surface area contributed by atoms with Gasteiger partial charge in [-0.05, 0) is 51.2 Å². The molecule has 2 aliphatic rings. The number of alkyl halides is 5. The molecule has 2 aliphatic heterocycles. The Hall–Kier alpha value is -3.60. The van der Waals surface area contributed by atoms with Gasteiger partial charge in [-0.15, -0.1) is 11.3 Å². The minimum absolute atomic E-state index is 0.0601. The maximum Gasteiger partial charge on any atom is 0.273 e. The summed E-state index contributed by atoms with van der Waals surface area (Å²) >= 11 is 1.09. The van der Waals surface area contributed by atoms with Crippen LogP contribution < -0.4 is 20.7 Å². The lowest BCUT2D eigenvalue weighted by Gasteiger charge is -2.33. The molecule has 2 aromatic carbocycles. The molecule has 3 heterocycles. The number of hydrogen-bond donors (Lipinski definition) is 3. The average Bonchev–Trinajstić information content (AvgIpc) is 3.40. The van der Waals surface area contributed by atoms with E-state index in [9.17, 15) is 26.7 Å². The zero-order valence-electron chi connectivity index (χ0n) is 25.9. The molecule has 5 rings (SSSR count). The van der Waals surface area contributed by atoms with Crippen molar-refractivity contribution in [2.24, 2.45) is 0 Å². The molecule has 1 amide bonds. The van der Waals surface area contributed by atoms with Gasteiger partial charge >= 0.3 is 0 Å². The van der Waals surface area contributed by atoms with Crippen molar-refractivity contribution < 1.29 is 31.5 Å². The zero-order chi connectivity index (χ0) is 33.0. The van der Waals surface area contributed by atoms with Crippen LogP contribution in [-0.4, -0.2) is 100 Å². The second-order valence-electron chi connectivity index (χ2n) is 11.8. The summed E-state index contributed by atoms with van der Waals surface area (Å²) in [7, 11) is 5.13. The summed E-state index contributed by atoms with van der Waals surface area (Å²) in [6.07, 6.45) is -6.99. The summed E-state index contributed by atoms with van der Waals surface area (Å²) in [5, 5.41) is 9.38. The van der Waals surface area contributed by atoms with Crippen LogP contribution in [0.25, 0.3) is 10.1 Å². The van der Waals surface area contributed by atoms with Gasteiger partial charge in [0, 0.05) is 42.7 Å². The molecule has 7 nitrogen and oxygen atoms in total. The highest BCUT2D eigenvalue weighted by molar-refractivity contribution is 7.20. The van der Waals surface area contributed by atoms with Crippen LogP contribution in [-0.2, 0) is 0 Å². The van der Waals surface area contributed by atoms with E-state index in [0.29, 0.717) is 58.7 Å². The van der Waals surface area contributed by atoms with Gasteiger partial charge in [0.1, 0.15) is 18.1 Å². The summed E-state index contributed by atoms with van der Waals surface area (Å²) in [6.45, 7) is 2.00. The predicted octanol–water partition coefficient (Wildman–Crippen LogP) is 5.88. The Morgan fingerprint density at radius 1 is 1.02 bits per heavy atom. The normalized spacial score (nSPS) is 23.1. The number of anilines is 2. The van der Waals surface area contributed by atoms with Crippen LogP contribution in [0.4, 0.5) is 33.3 Å². The molecule has 2 saturated heterocycles. The number of methoxy groups -OCH3 is 1. The minimum Gasteiger partial charge on any atom is -0.495 e. The van der Waals surface area contributed by atoms with Gasteiger partial charge in [-0.25, -0.2) is 22.0 Å². The Morgan fingerprint density at radius 3 is 2.37 bits per heavy atom. The highest BCUT2D eigenvalue weighted by Gasteiger charge is 2.31. The van der Waals surface area contributed by atoms with E-state index in [4.69, 9.17) is 4.74 Å². The van der Waals surface area contributed by atoms with Gasteiger partial charge in [0.2, 0.25) is 0 Å². The van der Waals surface area contributed by atoms with Gasteiger partial charge < -0.3 is 30.5 Å². The number of carbonyl (C=O) groups excluding carboxylic acids is 1. The van der Waals surface area contributed by atoms with E-state index in [1.807, 2.05) is 23.9 Å².